The second-order valence-corrected chi connectivity index (χ2v) is 7.59. The van der Waals surface area contributed by atoms with E-state index in [4.69, 9.17) is 4.74 Å². The topological polar surface area (TPSA) is 86.3 Å². The number of carbonyl (C=O) groups excluding carboxylic acids is 2. The number of ether oxygens (including phenoxy) is 1. The van der Waals surface area contributed by atoms with Crippen LogP contribution in [-0.2, 0) is 9.53 Å². The molecule has 0 aliphatic carbocycles. The number of likely N-dealkylation sites (tertiary alicyclic amines) is 1. The summed E-state index contributed by atoms with van der Waals surface area (Å²) in [5.74, 6) is 0.983. The molecule has 0 saturated carbocycles. The summed E-state index contributed by atoms with van der Waals surface area (Å²) in [5.41, 5.74) is -0.495. The number of likely N-dealkylation sites (N-methyl/N-ethyl adjacent to an activating group) is 1. The molecule has 1 aliphatic rings. The summed E-state index contributed by atoms with van der Waals surface area (Å²) in [5, 5.41) is 6.45. The molecular weight excluding hydrogens is 473 g/mol. The Morgan fingerprint density at radius 2 is 2.00 bits per heavy atom. The second-order valence-electron chi connectivity index (χ2n) is 7.59. The third kappa shape index (κ3) is 10.9. The average molecular weight is 511 g/mol. The van der Waals surface area contributed by atoms with E-state index in [0.717, 1.165) is 38.4 Å². The van der Waals surface area contributed by atoms with Gasteiger partial charge in [-0.1, -0.05) is 0 Å². The quantitative estimate of drug-likeness (QED) is 0.215. The van der Waals surface area contributed by atoms with Crippen molar-refractivity contribution >= 4 is 41.9 Å². The van der Waals surface area contributed by atoms with Gasteiger partial charge in [0.2, 0.25) is 5.91 Å². The maximum Gasteiger partial charge on any atom is 0.410 e. The lowest BCUT2D eigenvalue weighted by Gasteiger charge is -2.26. The Morgan fingerprint density at radius 1 is 1.29 bits per heavy atom. The maximum absolute atomic E-state index is 12.2. The predicted molar refractivity (Wildman–Crippen MR) is 123 cm³/mol. The van der Waals surface area contributed by atoms with Gasteiger partial charge in [0.1, 0.15) is 5.60 Å². The number of guanidine groups is 1. The van der Waals surface area contributed by atoms with Crippen molar-refractivity contribution in [3.8, 4) is 0 Å². The Bertz CT molecular complexity index is 508. The van der Waals surface area contributed by atoms with Gasteiger partial charge in [-0.25, -0.2) is 4.79 Å². The molecule has 1 fully saturated rings. The molecular formula is C19H38IN5O3. The summed E-state index contributed by atoms with van der Waals surface area (Å²) in [7, 11) is 0. The van der Waals surface area contributed by atoms with E-state index in [1.165, 1.54) is 0 Å². The smallest absolute Gasteiger partial charge is 0.410 e. The summed E-state index contributed by atoms with van der Waals surface area (Å²) < 4.78 is 5.41. The molecule has 8 nitrogen and oxygen atoms in total. The van der Waals surface area contributed by atoms with Crippen LogP contribution < -0.4 is 10.6 Å². The molecule has 2 N–H and O–H groups in total. The minimum atomic E-state index is -0.495. The molecule has 1 saturated heterocycles. The van der Waals surface area contributed by atoms with Gasteiger partial charge in [-0.2, -0.15) is 0 Å². The van der Waals surface area contributed by atoms with Gasteiger partial charge in [0.05, 0.1) is 0 Å². The molecule has 0 atom stereocenters. The van der Waals surface area contributed by atoms with Crippen LogP contribution in [0.15, 0.2) is 4.99 Å². The molecule has 0 aromatic heterocycles. The fourth-order valence-electron chi connectivity index (χ4n) is 2.75. The summed E-state index contributed by atoms with van der Waals surface area (Å²) in [6, 6.07) is 0. The Kier molecular flexibility index (Phi) is 13.2. The second kappa shape index (κ2) is 13.8. The largest absolute Gasteiger partial charge is 0.444 e. The van der Waals surface area contributed by atoms with Crippen LogP contribution in [0.2, 0.25) is 0 Å². The molecule has 2 amide bonds. The zero-order valence-corrected chi connectivity index (χ0v) is 20.4. The molecule has 1 heterocycles. The van der Waals surface area contributed by atoms with Crippen LogP contribution in [0.4, 0.5) is 4.79 Å². The van der Waals surface area contributed by atoms with Gasteiger partial charge in [-0.3, -0.25) is 9.79 Å². The molecule has 1 rings (SSSR count). The van der Waals surface area contributed by atoms with Gasteiger partial charge < -0.3 is 25.2 Å². The van der Waals surface area contributed by atoms with Crippen molar-refractivity contribution in [2.45, 2.75) is 59.5 Å². The van der Waals surface area contributed by atoms with Crippen LogP contribution in [0.5, 0.6) is 0 Å². The van der Waals surface area contributed by atoms with Crippen LogP contribution in [0.3, 0.4) is 0 Å². The molecule has 1 aliphatic heterocycles. The number of aliphatic imine (C=N–C) groups is 1. The number of amides is 2. The zero-order valence-electron chi connectivity index (χ0n) is 18.0. The highest BCUT2D eigenvalue weighted by atomic mass is 127. The minimum Gasteiger partial charge on any atom is -0.444 e. The van der Waals surface area contributed by atoms with Crippen LogP contribution >= 0.6 is 24.0 Å². The van der Waals surface area contributed by atoms with E-state index < -0.39 is 5.60 Å². The highest BCUT2D eigenvalue weighted by molar-refractivity contribution is 14.0. The zero-order chi connectivity index (χ0) is 20.3. The van der Waals surface area contributed by atoms with Gasteiger partial charge in [0, 0.05) is 52.2 Å². The van der Waals surface area contributed by atoms with E-state index >= 15 is 0 Å². The standard InChI is InChI=1S/C19H37N5O3.HI/c1-6-20-17(21-11-9-14-24-13-8-10-16(24)25)22-12-15-23(7-2)18(26)27-19(3,4)5;/h6-15H2,1-5H3,(H2,20,21,22);1H. The number of hydrogen-bond donors (Lipinski definition) is 2. The van der Waals surface area contributed by atoms with Crippen molar-refractivity contribution in [1.82, 2.24) is 20.4 Å². The van der Waals surface area contributed by atoms with Crippen molar-refractivity contribution in [3.05, 3.63) is 0 Å². The Labute approximate surface area is 186 Å². The molecule has 9 heteroatoms. The SMILES string of the molecule is CCNC(=NCCCN1CCCC1=O)NCCN(CC)C(=O)OC(C)(C)C.I. The lowest BCUT2D eigenvalue weighted by molar-refractivity contribution is -0.127. The number of hydrogen-bond acceptors (Lipinski definition) is 4. The fraction of sp³-hybridized carbons (Fsp3) is 0.842. The third-order valence-electron chi connectivity index (χ3n) is 4.08. The van der Waals surface area contributed by atoms with Gasteiger partial charge >= 0.3 is 6.09 Å². The summed E-state index contributed by atoms with van der Waals surface area (Å²) in [6.07, 6.45) is 2.20. The average Bonchev–Trinajstić information content (AvgIpc) is 2.98. The highest BCUT2D eigenvalue weighted by Gasteiger charge is 2.21. The molecule has 0 spiro atoms. The Balaban J connectivity index is 0.00000729. The number of nitrogens with zero attached hydrogens (tertiary/aromatic N) is 3. The number of nitrogens with one attached hydrogen (secondary N) is 2. The van der Waals surface area contributed by atoms with Crippen LogP contribution in [-0.4, -0.2) is 79.2 Å². The van der Waals surface area contributed by atoms with Gasteiger partial charge in [-0.05, 0) is 47.5 Å². The van der Waals surface area contributed by atoms with Crippen LogP contribution in [0, 0.1) is 0 Å². The summed E-state index contributed by atoms with van der Waals surface area (Å²) >= 11 is 0. The molecule has 0 bridgehead atoms. The third-order valence-corrected chi connectivity index (χ3v) is 4.08. The summed E-state index contributed by atoms with van der Waals surface area (Å²) in [6.45, 7) is 14.3. The van der Waals surface area contributed by atoms with Crippen LogP contribution in [0.25, 0.3) is 0 Å². The normalized spacial score (nSPS) is 14.5. The van der Waals surface area contributed by atoms with Gasteiger partial charge in [0.15, 0.2) is 5.96 Å². The van der Waals surface area contributed by atoms with Crippen molar-refractivity contribution in [2.75, 3.05) is 45.8 Å². The number of rotatable bonds is 9. The van der Waals surface area contributed by atoms with Crippen molar-refractivity contribution in [1.29, 1.82) is 0 Å². The first-order valence-corrected chi connectivity index (χ1v) is 10.0. The predicted octanol–water partition coefficient (Wildman–Crippen LogP) is 2.43. The van der Waals surface area contributed by atoms with E-state index in [2.05, 4.69) is 15.6 Å². The molecule has 0 radical (unpaired) electrons. The molecule has 0 aromatic carbocycles. The first-order chi connectivity index (χ1) is 12.8. The Hall–Kier alpha value is -1.26. The molecule has 28 heavy (non-hydrogen) atoms. The summed E-state index contributed by atoms with van der Waals surface area (Å²) in [4.78, 5) is 31.9. The van der Waals surface area contributed by atoms with Crippen LogP contribution in [0.1, 0.15) is 53.9 Å². The van der Waals surface area contributed by atoms with Gasteiger partial charge in [-0.15, -0.1) is 24.0 Å². The van der Waals surface area contributed by atoms with Crippen molar-refractivity contribution < 1.29 is 14.3 Å². The maximum atomic E-state index is 12.2. The first kappa shape index (κ1) is 26.7. The van der Waals surface area contributed by atoms with E-state index in [1.54, 1.807) is 4.90 Å². The van der Waals surface area contributed by atoms with Crippen molar-refractivity contribution in [3.63, 3.8) is 0 Å². The minimum absolute atomic E-state index is 0. The monoisotopic (exact) mass is 511 g/mol. The molecule has 0 unspecified atom stereocenters. The lowest BCUT2D eigenvalue weighted by Crippen LogP contribution is -2.44. The van der Waals surface area contributed by atoms with Crippen molar-refractivity contribution in [2.24, 2.45) is 4.99 Å². The van der Waals surface area contributed by atoms with E-state index in [1.807, 2.05) is 39.5 Å². The molecule has 164 valence electrons. The Morgan fingerprint density at radius 3 is 2.54 bits per heavy atom. The first-order valence-electron chi connectivity index (χ1n) is 10.0. The van der Waals surface area contributed by atoms with Gasteiger partial charge in [0.25, 0.3) is 0 Å². The lowest BCUT2D eigenvalue weighted by atomic mass is 10.2. The fourth-order valence-corrected chi connectivity index (χ4v) is 2.75. The number of carbonyl (C=O) groups is 2. The highest BCUT2D eigenvalue weighted by Crippen LogP contribution is 2.10. The number of halogens is 1. The van der Waals surface area contributed by atoms with E-state index in [9.17, 15) is 9.59 Å². The van der Waals surface area contributed by atoms with E-state index in [-0.39, 0.29) is 36.0 Å². The molecule has 0 aromatic rings. The van der Waals surface area contributed by atoms with E-state index in [0.29, 0.717) is 32.6 Å².